The third-order valence-electron chi connectivity index (χ3n) is 4.52. The van der Waals surface area contributed by atoms with E-state index in [0.717, 1.165) is 43.1 Å². The van der Waals surface area contributed by atoms with Crippen LogP contribution in [0.5, 0.6) is 0 Å². The maximum atomic E-state index is 11.5. The zero-order valence-electron chi connectivity index (χ0n) is 14.8. The van der Waals surface area contributed by atoms with Crippen molar-refractivity contribution >= 4 is 28.8 Å². The number of piperazine rings is 1. The van der Waals surface area contributed by atoms with E-state index in [4.69, 9.17) is 4.42 Å². The number of anilines is 2. The van der Waals surface area contributed by atoms with Crippen LogP contribution in [0.25, 0.3) is 11.1 Å². The van der Waals surface area contributed by atoms with Crippen molar-refractivity contribution < 1.29 is 9.21 Å². The number of carbonyl (C=O) groups is 1. The predicted molar refractivity (Wildman–Crippen MR) is 98.6 cm³/mol. The van der Waals surface area contributed by atoms with Crippen LogP contribution in [0.3, 0.4) is 0 Å². The highest BCUT2D eigenvalue weighted by Crippen LogP contribution is 2.24. The van der Waals surface area contributed by atoms with Crippen molar-refractivity contribution in [3.05, 3.63) is 41.6 Å². The number of benzene rings is 1. The normalized spacial score (nSPS) is 14.7. The van der Waals surface area contributed by atoms with E-state index in [1.54, 1.807) is 13.1 Å². The number of aryl methyl sites for hydroxylation is 1. The van der Waals surface area contributed by atoms with E-state index in [9.17, 15) is 4.79 Å². The summed E-state index contributed by atoms with van der Waals surface area (Å²) in [7, 11) is 1.57. The second kappa shape index (κ2) is 6.62. The lowest BCUT2D eigenvalue weighted by Crippen LogP contribution is -2.47. The maximum Gasteiger partial charge on any atom is 0.298 e. The molecule has 134 valence electrons. The summed E-state index contributed by atoms with van der Waals surface area (Å²) in [6.45, 7) is 5.18. The van der Waals surface area contributed by atoms with Gasteiger partial charge in [0, 0.05) is 33.2 Å². The first-order valence-electron chi connectivity index (χ1n) is 8.57. The van der Waals surface area contributed by atoms with Crippen LogP contribution in [-0.2, 0) is 0 Å². The minimum Gasteiger partial charge on any atom is -0.423 e. The van der Waals surface area contributed by atoms with E-state index in [2.05, 4.69) is 30.3 Å². The third-order valence-corrected chi connectivity index (χ3v) is 4.52. The molecule has 0 unspecified atom stereocenters. The molecule has 3 aromatic rings. The number of hydrogen-bond donors (Lipinski definition) is 1. The van der Waals surface area contributed by atoms with Crippen LogP contribution in [-0.4, -0.2) is 54.3 Å². The van der Waals surface area contributed by atoms with Crippen LogP contribution in [0, 0.1) is 6.92 Å². The number of hydrogen-bond acceptors (Lipinski definition) is 7. The van der Waals surface area contributed by atoms with Gasteiger partial charge in [0.1, 0.15) is 5.52 Å². The molecule has 1 aliphatic rings. The highest BCUT2D eigenvalue weighted by molar-refractivity contribution is 5.91. The lowest BCUT2D eigenvalue weighted by molar-refractivity contribution is 0.0957. The SMILES string of the molecule is CNC(=O)c1ccc(N2CCN(c3nc4cc(C)ccc4o3)CC2)nn1. The smallest absolute Gasteiger partial charge is 0.298 e. The van der Waals surface area contributed by atoms with E-state index in [0.29, 0.717) is 11.7 Å². The highest BCUT2D eigenvalue weighted by Gasteiger charge is 2.22. The van der Waals surface area contributed by atoms with Crippen molar-refractivity contribution in [2.45, 2.75) is 6.92 Å². The molecule has 0 aliphatic carbocycles. The number of nitrogens with one attached hydrogen (secondary N) is 1. The first-order chi connectivity index (χ1) is 12.6. The van der Waals surface area contributed by atoms with Crippen LogP contribution in [0.1, 0.15) is 16.1 Å². The Morgan fingerprint density at radius 1 is 1.08 bits per heavy atom. The fourth-order valence-corrected chi connectivity index (χ4v) is 3.03. The first-order valence-corrected chi connectivity index (χ1v) is 8.57. The number of oxazole rings is 1. The second-order valence-electron chi connectivity index (χ2n) is 6.30. The average molecular weight is 352 g/mol. The van der Waals surface area contributed by atoms with Gasteiger partial charge in [-0.1, -0.05) is 6.07 Å². The molecule has 0 atom stereocenters. The van der Waals surface area contributed by atoms with Gasteiger partial charge in [0.2, 0.25) is 0 Å². The van der Waals surface area contributed by atoms with E-state index < -0.39 is 0 Å². The average Bonchev–Trinajstić information content (AvgIpc) is 3.11. The number of carbonyl (C=O) groups excluding carboxylic acids is 1. The molecule has 8 heteroatoms. The molecular weight excluding hydrogens is 332 g/mol. The maximum absolute atomic E-state index is 11.5. The van der Waals surface area contributed by atoms with E-state index >= 15 is 0 Å². The molecule has 3 heterocycles. The minimum atomic E-state index is -0.236. The Balaban J connectivity index is 1.44. The predicted octanol–water partition coefficient (Wildman–Crippen LogP) is 1.61. The Morgan fingerprint density at radius 2 is 1.85 bits per heavy atom. The van der Waals surface area contributed by atoms with Gasteiger partial charge in [-0.05, 0) is 36.8 Å². The van der Waals surface area contributed by atoms with Crippen LogP contribution < -0.4 is 15.1 Å². The molecule has 0 spiro atoms. The quantitative estimate of drug-likeness (QED) is 0.766. The first kappa shape index (κ1) is 16.3. The van der Waals surface area contributed by atoms with Crippen LogP contribution in [0.2, 0.25) is 0 Å². The molecule has 4 rings (SSSR count). The van der Waals surface area contributed by atoms with Crippen LogP contribution >= 0.6 is 0 Å². The number of nitrogens with zero attached hydrogens (tertiary/aromatic N) is 5. The van der Waals surface area contributed by atoms with E-state index in [1.807, 2.05) is 31.2 Å². The molecule has 0 bridgehead atoms. The molecule has 8 nitrogen and oxygen atoms in total. The Morgan fingerprint density at radius 3 is 2.54 bits per heavy atom. The van der Waals surface area contributed by atoms with Crippen LogP contribution in [0.4, 0.5) is 11.8 Å². The zero-order valence-corrected chi connectivity index (χ0v) is 14.8. The monoisotopic (exact) mass is 352 g/mol. The summed E-state index contributed by atoms with van der Waals surface area (Å²) in [6, 6.07) is 10.2. The fourth-order valence-electron chi connectivity index (χ4n) is 3.03. The zero-order chi connectivity index (χ0) is 18.1. The molecule has 1 amide bonds. The van der Waals surface area contributed by atoms with Crippen molar-refractivity contribution in [3.63, 3.8) is 0 Å². The van der Waals surface area contributed by atoms with Gasteiger partial charge in [0.15, 0.2) is 17.1 Å². The highest BCUT2D eigenvalue weighted by atomic mass is 16.4. The van der Waals surface area contributed by atoms with E-state index in [-0.39, 0.29) is 5.91 Å². The molecule has 1 saturated heterocycles. The summed E-state index contributed by atoms with van der Waals surface area (Å²) in [5.41, 5.74) is 3.18. The van der Waals surface area contributed by atoms with Gasteiger partial charge in [-0.25, -0.2) is 0 Å². The Bertz CT molecular complexity index is 929. The number of amides is 1. The van der Waals surface area contributed by atoms with Gasteiger partial charge in [-0.15, -0.1) is 10.2 Å². The molecule has 1 N–H and O–H groups in total. The molecule has 26 heavy (non-hydrogen) atoms. The van der Waals surface area contributed by atoms with Gasteiger partial charge in [0.05, 0.1) is 0 Å². The van der Waals surface area contributed by atoms with Gasteiger partial charge >= 0.3 is 0 Å². The summed E-state index contributed by atoms with van der Waals surface area (Å²) < 4.78 is 5.88. The number of aromatic nitrogens is 3. The minimum absolute atomic E-state index is 0.236. The fraction of sp³-hybridized carbons (Fsp3) is 0.333. The van der Waals surface area contributed by atoms with Crippen molar-refractivity contribution in [1.82, 2.24) is 20.5 Å². The molecule has 1 aromatic carbocycles. The van der Waals surface area contributed by atoms with Crippen molar-refractivity contribution in [1.29, 1.82) is 0 Å². The topological polar surface area (TPSA) is 87.4 Å². The Labute approximate surface area is 150 Å². The van der Waals surface area contributed by atoms with Gasteiger partial charge in [-0.2, -0.15) is 4.98 Å². The molecule has 1 fully saturated rings. The van der Waals surface area contributed by atoms with Gasteiger partial charge < -0.3 is 19.5 Å². The van der Waals surface area contributed by atoms with E-state index in [1.165, 1.54) is 5.56 Å². The van der Waals surface area contributed by atoms with Gasteiger partial charge in [-0.3, -0.25) is 4.79 Å². The molecule has 2 aromatic heterocycles. The summed E-state index contributed by atoms with van der Waals surface area (Å²) in [6.07, 6.45) is 0. The Kier molecular flexibility index (Phi) is 4.16. The number of fused-ring (bicyclic) bond motifs is 1. The Hall–Kier alpha value is -3.16. The summed E-state index contributed by atoms with van der Waals surface area (Å²) in [5.74, 6) is 0.533. The molecule has 0 radical (unpaired) electrons. The van der Waals surface area contributed by atoms with Gasteiger partial charge in [0.25, 0.3) is 11.9 Å². The second-order valence-corrected chi connectivity index (χ2v) is 6.30. The standard InChI is InChI=1S/C18H20N6O2/c1-12-3-5-15-14(11-12)20-18(26-15)24-9-7-23(8-10-24)16-6-4-13(21-22-16)17(25)19-2/h3-6,11H,7-10H2,1-2H3,(H,19,25). The van der Waals surface area contributed by atoms with Crippen molar-refractivity contribution in [3.8, 4) is 0 Å². The molecule has 1 aliphatic heterocycles. The largest absolute Gasteiger partial charge is 0.423 e. The number of rotatable bonds is 3. The lowest BCUT2D eigenvalue weighted by atomic mass is 10.2. The molecular formula is C18H20N6O2. The summed E-state index contributed by atoms with van der Waals surface area (Å²) in [5, 5.41) is 10.7. The summed E-state index contributed by atoms with van der Waals surface area (Å²) >= 11 is 0. The van der Waals surface area contributed by atoms with Crippen molar-refractivity contribution in [2.75, 3.05) is 43.0 Å². The third kappa shape index (κ3) is 3.05. The van der Waals surface area contributed by atoms with Crippen molar-refractivity contribution in [2.24, 2.45) is 0 Å². The lowest BCUT2D eigenvalue weighted by Gasteiger charge is -2.34. The van der Waals surface area contributed by atoms with Crippen LogP contribution in [0.15, 0.2) is 34.7 Å². The molecule has 0 saturated carbocycles. The summed E-state index contributed by atoms with van der Waals surface area (Å²) in [4.78, 5) is 20.4.